The van der Waals surface area contributed by atoms with Gasteiger partial charge in [0.2, 0.25) is 10.0 Å². The fourth-order valence-electron chi connectivity index (χ4n) is 1.05. The number of sulfonamides is 1. The topological polar surface area (TPSA) is 93.4 Å². The fourth-order valence-corrected chi connectivity index (χ4v) is 2.52. The van der Waals surface area contributed by atoms with E-state index < -0.39 is 20.8 Å². The van der Waals surface area contributed by atoms with E-state index in [2.05, 4.69) is 4.98 Å². The van der Waals surface area contributed by atoms with Crippen LogP contribution in [0.15, 0.2) is 23.2 Å². The lowest BCUT2D eigenvalue weighted by Gasteiger charge is -2.14. The number of aromatic nitrogens is 1. The number of nitro groups is 1. The zero-order valence-corrected chi connectivity index (χ0v) is 10.5. The summed E-state index contributed by atoms with van der Waals surface area (Å²) >= 11 is 5.45. The molecule has 0 bridgehead atoms. The van der Waals surface area contributed by atoms with Crippen LogP contribution in [0.5, 0.6) is 0 Å². The average molecular weight is 280 g/mol. The SMILES string of the molecule is CN(CCCl)S(=O)(=O)c1ccc([N+](=O)[O-])nc1. The summed E-state index contributed by atoms with van der Waals surface area (Å²) in [5.41, 5.74) is 0. The lowest BCUT2D eigenvalue weighted by atomic mass is 10.5. The van der Waals surface area contributed by atoms with Gasteiger partial charge in [0.25, 0.3) is 0 Å². The molecule has 0 unspecified atom stereocenters. The number of pyridine rings is 1. The summed E-state index contributed by atoms with van der Waals surface area (Å²) in [7, 11) is -2.31. The monoisotopic (exact) mass is 279 g/mol. The molecule has 0 saturated carbocycles. The molecule has 94 valence electrons. The van der Waals surface area contributed by atoms with E-state index in [4.69, 9.17) is 11.6 Å². The van der Waals surface area contributed by atoms with E-state index in [0.29, 0.717) is 0 Å². The molecule has 0 atom stereocenters. The van der Waals surface area contributed by atoms with Crippen molar-refractivity contribution < 1.29 is 13.3 Å². The first-order valence-corrected chi connectivity index (χ1v) is 6.50. The van der Waals surface area contributed by atoms with Gasteiger partial charge in [-0.3, -0.25) is 0 Å². The first kappa shape index (κ1) is 13.8. The maximum atomic E-state index is 11.9. The summed E-state index contributed by atoms with van der Waals surface area (Å²) < 4.78 is 24.8. The summed E-state index contributed by atoms with van der Waals surface area (Å²) in [6.07, 6.45) is 0.957. The van der Waals surface area contributed by atoms with Gasteiger partial charge >= 0.3 is 5.82 Å². The minimum absolute atomic E-state index is 0.101. The molecule has 7 nitrogen and oxygen atoms in total. The van der Waals surface area contributed by atoms with Crippen molar-refractivity contribution in [3.05, 3.63) is 28.4 Å². The van der Waals surface area contributed by atoms with Crippen molar-refractivity contribution in [1.82, 2.24) is 9.29 Å². The average Bonchev–Trinajstić information content (AvgIpc) is 2.29. The van der Waals surface area contributed by atoms with Crippen LogP contribution in [0.1, 0.15) is 0 Å². The lowest BCUT2D eigenvalue weighted by molar-refractivity contribution is -0.389. The lowest BCUT2D eigenvalue weighted by Crippen LogP contribution is -2.28. The van der Waals surface area contributed by atoms with E-state index in [0.717, 1.165) is 22.6 Å². The second-order valence-electron chi connectivity index (χ2n) is 3.12. The second-order valence-corrected chi connectivity index (χ2v) is 5.55. The van der Waals surface area contributed by atoms with Gasteiger partial charge in [0.05, 0.1) is 0 Å². The van der Waals surface area contributed by atoms with Crippen molar-refractivity contribution in [3.8, 4) is 0 Å². The van der Waals surface area contributed by atoms with Gasteiger partial charge < -0.3 is 10.1 Å². The van der Waals surface area contributed by atoms with Crippen molar-refractivity contribution in [3.63, 3.8) is 0 Å². The third-order valence-corrected chi connectivity index (χ3v) is 4.02. The van der Waals surface area contributed by atoms with Crippen LogP contribution in [0.2, 0.25) is 0 Å². The molecule has 1 rings (SSSR count). The fraction of sp³-hybridized carbons (Fsp3) is 0.375. The van der Waals surface area contributed by atoms with Crippen LogP contribution < -0.4 is 0 Å². The van der Waals surface area contributed by atoms with Crippen molar-refractivity contribution in [2.75, 3.05) is 19.5 Å². The Morgan fingerprint density at radius 3 is 2.59 bits per heavy atom. The van der Waals surface area contributed by atoms with E-state index in [9.17, 15) is 18.5 Å². The number of hydrogen-bond donors (Lipinski definition) is 0. The molecule has 0 aromatic carbocycles. The van der Waals surface area contributed by atoms with Gasteiger partial charge in [-0.05, 0) is 16.0 Å². The largest absolute Gasteiger partial charge is 0.363 e. The smallest absolute Gasteiger partial charge is 0.358 e. The number of nitrogens with zero attached hydrogens (tertiary/aromatic N) is 3. The Labute approximate surface area is 103 Å². The molecule has 0 radical (unpaired) electrons. The summed E-state index contributed by atoms with van der Waals surface area (Å²) in [6, 6.07) is 2.19. The van der Waals surface area contributed by atoms with Crippen LogP contribution >= 0.6 is 11.6 Å². The molecule has 0 amide bonds. The zero-order chi connectivity index (χ0) is 13.1. The molecule has 0 aliphatic rings. The van der Waals surface area contributed by atoms with Gasteiger partial charge in [0.15, 0.2) is 6.20 Å². The van der Waals surface area contributed by atoms with E-state index in [1.807, 2.05) is 0 Å². The predicted octanol–water partition coefficient (Wildman–Crippen LogP) is 0.849. The third kappa shape index (κ3) is 3.11. The molecule has 1 heterocycles. The zero-order valence-electron chi connectivity index (χ0n) is 8.91. The second kappa shape index (κ2) is 5.39. The Bertz CT molecular complexity index is 502. The maximum Gasteiger partial charge on any atom is 0.363 e. The van der Waals surface area contributed by atoms with E-state index in [1.54, 1.807) is 0 Å². The van der Waals surface area contributed by atoms with Gasteiger partial charge in [0, 0.05) is 25.5 Å². The van der Waals surface area contributed by atoms with Crippen LogP contribution in [0.3, 0.4) is 0 Å². The molecule has 17 heavy (non-hydrogen) atoms. The van der Waals surface area contributed by atoms with Crippen molar-refractivity contribution >= 4 is 27.4 Å². The molecule has 0 spiro atoms. The van der Waals surface area contributed by atoms with Crippen LogP contribution in [0.4, 0.5) is 5.82 Å². The van der Waals surface area contributed by atoms with E-state index >= 15 is 0 Å². The van der Waals surface area contributed by atoms with Crippen molar-refractivity contribution in [1.29, 1.82) is 0 Å². The molecule has 0 aliphatic carbocycles. The highest BCUT2D eigenvalue weighted by atomic mass is 35.5. The van der Waals surface area contributed by atoms with Crippen LogP contribution in [-0.4, -0.2) is 42.1 Å². The van der Waals surface area contributed by atoms with Gasteiger partial charge in [-0.1, -0.05) is 0 Å². The van der Waals surface area contributed by atoms with Gasteiger partial charge in [0.1, 0.15) is 4.90 Å². The Balaban J connectivity index is 3.04. The standard InChI is InChI=1S/C8H10ClN3O4S/c1-11(5-4-9)17(15,16)7-2-3-8(10-6-7)12(13)14/h2-3,6H,4-5H2,1H3. The Hall–Kier alpha value is -1.25. The minimum atomic E-state index is -3.68. The molecule has 0 aliphatic heterocycles. The summed E-state index contributed by atoms with van der Waals surface area (Å²) in [4.78, 5) is 13.0. The van der Waals surface area contributed by atoms with Crippen LogP contribution in [0, 0.1) is 10.1 Å². The van der Waals surface area contributed by atoms with E-state index in [1.165, 1.54) is 7.05 Å². The van der Waals surface area contributed by atoms with Gasteiger partial charge in [-0.15, -0.1) is 11.6 Å². The van der Waals surface area contributed by atoms with Gasteiger partial charge in [-0.25, -0.2) is 8.42 Å². The van der Waals surface area contributed by atoms with Crippen molar-refractivity contribution in [2.24, 2.45) is 0 Å². The van der Waals surface area contributed by atoms with Crippen LogP contribution in [-0.2, 0) is 10.0 Å². The molecule has 0 saturated heterocycles. The highest BCUT2D eigenvalue weighted by molar-refractivity contribution is 7.89. The molecule has 9 heteroatoms. The normalized spacial score (nSPS) is 11.7. The number of halogens is 1. The van der Waals surface area contributed by atoms with Crippen molar-refractivity contribution in [2.45, 2.75) is 4.90 Å². The Kier molecular flexibility index (Phi) is 4.38. The number of hydrogen-bond acceptors (Lipinski definition) is 5. The molecule has 1 aromatic rings. The number of alkyl halides is 1. The summed E-state index contributed by atoms with van der Waals surface area (Å²) in [5.74, 6) is -0.236. The summed E-state index contributed by atoms with van der Waals surface area (Å²) in [5, 5.41) is 10.4. The Morgan fingerprint density at radius 2 is 2.18 bits per heavy atom. The van der Waals surface area contributed by atoms with Gasteiger partial charge in [-0.2, -0.15) is 4.31 Å². The molecular formula is C8H10ClN3O4S. The molecule has 0 fully saturated rings. The summed E-state index contributed by atoms with van der Waals surface area (Å²) in [6.45, 7) is 0.154. The molecular weight excluding hydrogens is 270 g/mol. The first-order chi connectivity index (χ1) is 7.89. The highest BCUT2D eigenvalue weighted by Gasteiger charge is 2.22. The molecule has 1 aromatic heterocycles. The first-order valence-electron chi connectivity index (χ1n) is 4.52. The van der Waals surface area contributed by atoms with Crippen LogP contribution in [0.25, 0.3) is 0 Å². The predicted molar refractivity (Wildman–Crippen MR) is 61.4 cm³/mol. The quantitative estimate of drug-likeness (QED) is 0.452. The minimum Gasteiger partial charge on any atom is -0.358 e. The highest BCUT2D eigenvalue weighted by Crippen LogP contribution is 2.15. The van der Waals surface area contributed by atoms with E-state index in [-0.39, 0.29) is 17.3 Å². The third-order valence-electron chi connectivity index (χ3n) is 2.02. The number of rotatable bonds is 5. The maximum absolute atomic E-state index is 11.9. The Morgan fingerprint density at radius 1 is 1.53 bits per heavy atom. The molecule has 0 N–H and O–H groups in total.